The molecule has 7 nitrogen and oxygen atoms in total. The second-order valence-electron chi connectivity index (χ2n) is 8.48. The highest BCUT2D eigenvalue weighted by molar-refractivity contribution is 6.10. The summed E-state index contributed by atoms with van der Waals surface area (Å²) in [5.74, 6) is -0.175. The van der Waals surface area contributed by atoms with Crippen LogP contribution >= 0.6 is 0 Å². The molecule has 2 N–H and O–H groups in total. The van der Waals surface area contributed by atoms with Gasteiger partial charge < -0.3 is 19.7 Å². The first-order valence-electron chi connectivity index (χ1n) is 11.2. The molecule has 0 fully saturated rings. The van der Waals surface area contributed by atoms with Gasteiger partial charge in [-0.25, -0.2) is 4.79 Å². The van der Waals surface area contributed by atoms with Gasteiger partial charge in [-0.15, -0.1) is 0 Å². The number of aryl methyl sites for hydroxylation is 1. The fourth-order valence-corrected chi connectivity index (χ4v) is 3.36. The molecule has 0 radical (unpaired) electrons. The van der Waals surface area contributed by atoms with Gasteiger partial charge in [0.15, 0.2) is 5.78 Å². The molecule has 3 aromatic carbocycles. The number of carbonyl (C=O) groups is 2. The molecular weight excluding hydrogens is 446 g/mol. The Bertz CT molecular complexity index is 1240. The molecule has 180 valence electrons. The Balaban J connectivity index is 1.79. The molecule has 0 bridgehead atoms. The van der Waals surface area contributed by atoms with E-state index in [1.54, 1.807) is 36.4 Å². The van der Waals surface area contributed by atoms with Gasteiger partial charge in [0.05, 0.1) is 23.8 Å². The van der Waals surface area contributed by atoms with Crippen molar-refractivity contribution in [3.05, 3.63) is 88.5 Å². The molecular formula is C28H27NO6. The number of rotatable bonds is 11. The van der Waals surface area contributed by atoms with E-state index in [1.807, 2.05) is 13.8 Å². The number of phenolic OH excluding ortho intramolecular Hbond substituents is 1. The van der Waals surface area contributed by atoms with Crippen LogP contribution in [0.1, 0.15) is 57.7 Å². The van der Waals surface area contributed by atoms with Crippen LogP contribution in [0.3, 0.4) is 0 Å². The number of ether oxygens (including phenoxy) is 2. The third kappa shape index (κ3) is 6.84. The van der Waals surface area contributed by atoms with Crippen molar-refractivity contribution in [1.29, 1.82) is 5.26 Å². The number of aromatic carboxylic acids is 1. The standard InChI is InChI=1S/C28H27NO6/c1-18(2)16-34-23-10-11-24(25(30)15-23)27(31)22-9-12-26(21(14-22)4-3-13-29)35-17-19-5-7-20(8-6-19)28(32)33/h5-12,14-15,18,30H,3-4,16-17H2,1-2H3,(H,32,33). The number of ketones is 1. The van der Waals surface area contributed by atoms with E-state index in [9.17, 15) is 14.7 Å². The zero-order chi connectivity index (χ0) is 25.4. The summed E-state index contributed by atoms with van der Waals surface area (Å²) < 4.78 is 11.5. The second-order valence-corrected chi connectivity index (χ2v) is 8.48. The molecule has 0 amide bonds. The van der Waals surface area contributed by atoms with E-state index in [0.717, 1.165) is 5.56 Å². The van der Waals surface area contributed by atoms with Crippen molar-refractivity contribution in [3.8, 4) is 23.3 Å². The maximum absolute atomic E-state index is 13.1. The summed E-state index contributed by atoms with van der Waals surface area (Å²) in [6.45, 7) is 4.74. The number of nitrogens with zero attached hydrogens (tertiary/aromatic N) is 1. The Kier molecular flexibility index (Phi) is 8.47. The Hall–Kier alpha value is -4.31. The summed E-state index contributed by atoms with van der Waals surface area (Å²) in [7, 11) is 0. The predicted octanol–water partition coefficient (Wildman–Crippen LogP) is 5.39. The fraction of sp³-hybridized carbons (Fsp3) is 0.250. The number of aromatic hydroxyl groups is 1. The van der Waals surface area contributed by atoms with Crippen molar-refractivity contribution in [2.75, 3.05) is 6.61 Å². The summed E-state index contributed by atoms with van der Waals surface area (Å²) in [6, 6.07) is 18.0. The van der Waals surface area contributed by atoms with Gasteiger partial charge in [0.2, 0.25) is 0 Å². The van der Waals surface area contributed by atoms with Crippen molar-refractivity contribution < 1.29 is 29.3 Å². The number of carbonyl (C=O) groups excluding carboxylic acids is 1. The SMILES string of the molecule is CC(C)COc1ccc(C(=O)c2ccc(OCc3ccc(C(=O)O)cc3)c(CCC#N)c2)c(O)c1. The van der Waals surface area contributed by atoms with E-state index in [2.05, 4.69) is 6.07 Å². The minimum atomic E-state index is -1.000. The van der Waals surface area contributed by atoms with Gasteiger partial charge in [0, 0.05) is 18.1 Å². The van der Waals surface area contributed by atoms with Crippen LogP contribution in [0, 0.1) is 17.2 Å². The number of hydrogen-bond acceptors (Lipinski definition) is 6. The first-order chi connectivity index (χ1) is 16.8. The van der Waals surface area contributed by atoms with Crippen molar-refractivity contribution in [1.82, 2.24) is 0 Å². The maximum atomic E-state index is 13.1. The first kappa shape index (κ1) is 25.3. The molecule has 0 aliphatic carbocycles. The van der Waals surface area contributed by atoms with Gasteiger partial charge in [-0.1, -0.05) is 26.0 Å². The monoisotopic (exact) mass is 473 g/mol. The maximum Gasteiger partial charge on any atom is 0.335 e. The summed E-state index contributed by atoms with van der Waals surface area (Å²) in [4.78, 5) is 24.1. The third-order valence-corrected chi connectivity index (χ3v) is 5.22. The lowest BCUT2D eigenvalue weighted by Gasteiger charge is -2.14. The topological polar surface area (TPSA) is 117 Å². The van der Waals surface area contributed by atoms with E-state index in [4.69, 9.17) is 19.8 Å². The molecule has 0 aliphatic heterocycles. The smallest absolute Gasteiger partial charge is 0.335 e. The van der Waals surface area contributed by atoms with Crippen LogP contribution in [0.2, 0.25) is 0 Å². The van der Waals surface area contributed by atoms with E-state index in [-0.39, 0.29) is 35.7 Å². The van der Waals surface area contributed by atoms with Crippen LogP contribution in [-0.2, 0) is 13.0 Å². The fourth-order valence-electron chi connectivity index (χ4n) is 3.36. The normalized spacial score (nSPS) is 10.6. The molecule has 0 heterocycles. The molecule has 0 saturated heterocycles. The van der Waals surface area contributed by atoms with Crippen LogP contribution in [0.4, 0.5) is 0 Å². The Morgan fingerprint density at radius 2 is 1.69 bits per heavy atom. The zero-order valence-electron chi connectivity index (χ0n) is 19.7. The van der Waals surface area contributed by atoms with Crippen molar-refractivity contribution in [2.45, 2.75) is 33.3 Å². The molecule has 0 spiro atoms. The van der Waals surface area contributed by atoms with E-state index >= 15 is 0 Å². The highest BCUT2D eigenvalue weighted by Gasteiger charge is 2.17. The molecule has 3 rings (SSSR count). The van der Waals surface area contributed by atoms with Gasteiger partial charge in [-0.05, 0) is 65.9 Å². The molecule has 0 aromatic heterocycles. The zero-order valence-corrected chi connectivity index (χ0v) is 19.7. The minimum Gasteiger partial charge on any atom is -0.507 e. The number of hydrogen-bond donors (Lipinski definition) is 2. The summed E-state index contributed by atoms with van der Waals surface area (Å²) in [6.07, 6.45) is 0.632. The second kappa shape index (κ2) is 11.7. The van der Waals surface area contributed by atoms with Crippen LogP contribution < -0.4 is 9.47 Å². The number of carboxylic acid groups (broad SMARTS) is 1. The average molecular weight is 474 g/mol. The third-order valence-electron chi connectivity index (χ3n) is 5.22. The Morgan fingerprint density at radius 1 is 0.971 bits per heavy atom. The quantitative estimate of drug-likeness (QED) is 0.359. The van der Waals surface area contributed by atoms with Gasteiger partial charge in [0.25, 0.3) is 0 Å². The van der Waals surface area contributed by atoms with Crippen molar-refractivity contribution in [2.24, 2.45) is 5.92 Å². The van der Waals surface area contributed by atoms with E-state index in [1.165, 1.54) is 24.3 Å². The average Bonchev–Trinajstić information content (AvgIpc) is 2.85. The van der Waals surface area contributed by atoms with Crippen molar-refractivity contribution >= 4 is 11.8 Å². The van der Waals surface area contributed by atoms with E-state index < -0.39 is 5.97 Å². The lowest BCUT2D eigenvalue weighted by Crippen LogP contribution is -2.06. The van der Waals surface area contributed by atoms with Crippen LogP contribution in [0.5, 0.6) is 17.2 Å². The number of phenols is 1. The highest BCUT2D eigenvalue weighted by atomic mass is 16.5. The molecule has 0 saturated carbocycles. The van der Waals surface area contributed by atoms with Crippen LogP contribution in [0.25, 0.3) is 0 Å². The van der Waals surface area contributed by atoms with Crippen molar-refractivity contribution in [3.63, 3.8) is 0 Å². The van der Waals surface area contributed by atoms with Gasteiger partial charge in [-0.2, -0.15) is 5.26 Å². The van der Waals surface area contributed by atoms with Gasteiger partial charge in [0.1, 0.15) is 23.9 Å². The van der Waals surface area contributed by atoms with Gasteiger partial charge in [-0.3, -0.25) is 4.79 Å². The summed E-state index contributed by atoms with van der Waals surface area (Å²) in [5.41, 5.74) is 2.18. The minimum absolute atomic E-state index is 0.153. The highest BCUT2D eigenvalue weighted by Crippen LogP contribution is 2.29. The Morgan fingerprint density at radius 3 is 2.31 bits per heavy atom. The molecule has 0 unspecified atom stereocenters. The number of nitriles is 1. The number of benzene rings is 3. The van der Waals surface area contributed by atoms with Gasteiger partial charge >= 0.3 is 5.97 Å². The molecule has 0 atom stereocenters. The first-order valence-corrected chi connectivity index (χ1v) is 11.2. The molecule has 7 heteroatoms. The lowest BCUT2D eigenvalue weighted by molar-refractivity contribution is 0.0696. The number of carboxylic acids is 1. The summed E-state index contributed by atoms with van der Waals surface area (Å²) >= 11 is 0. The lowest BCUT2D eigenvalue weighted by atomic mass is 9.98. The summed E-state index contributed by atoms with van der Waals surface area (Å²) in [5, 5.41) is 28.5. The Labute approximate surface area is 204 Å². The van der Waals surface area contributed by atoms with Crippen LogP contribution in [0.15, 0.2) is 60.7 Å². The van der Waals surface area contributed by atoms with E-state index in [0.29, 0.717) is 41.6 Å². The predicted molar refractivity (Wildman–Crippen MR) is 130 cm³/mol. The molecule has 3 aromatic rings. The molecule has 0 aliphatic rings. The van der Waals surface area contributed by atoms with Crippen LogP contribution in [-0.4, -0.2) is 28.6 Å². The largest absolute Gasteiger partial charge is 0.507 e. The molecule has 35 heavy (non-hydrogen) atoms.